The van der Waals surface area contributed by atoms with Crippen LogP contribution in [-0.4, -0.2) is 35.7 Å². The fourth-order valence-electron chi connectivity index (χ4n) is 3.79. The van der Waals surface area contributed by atoms with Crippen LogP contribution in [0.1, 0.15) is 56.0 Å². The summed E-state index contributed by atoms with van der Waals surface area (Å²) in [5.74, 6) is -0.0808. The molecule has 194 valence electrons. The zero-order valence-electron chi connectivity index (χ0n) is 21.5. The van der Waals surface area contributed by atoms with E-state index in [-0.39, 0.29) is 17.4 Å². The Morgan fingerprint density at radius 3 is 2.43 bits per heavy atom. The topological polar surface area (TPSA) is 124 Å². The maximum absolute atomic E-state index is 12.6. The van der Waals surface area contributed by atoms with Gasteiger partial charge in [0.2, 0.25) is 5.89 Å². The summed E-state index contributed by atoms with van der Waals surface area (Å²) < 4.78 is 16.4. The molecule has 4 rings (SSSR count). The first kappa shape index (κ1) is 25.9. The van der Waals surface area contributed by atoms with Gasteiger partial charge in [0, 0.05) is 24.0 Å². The second-order valence-corrected chi connectivity index (χ2v) is 9.94. The van der Waals surface area contributed by atoms with Crippen LogP contribution in [0, 0.1) is 6.92 Å². The molecule has 2 aromatic heterocycles. The molecule has 0 saturated heterocycles. The highest BCUT2D eigenvalue weighted by atomic mass is 16.6. The number of hydrogen-bond donors (Lipinski definition) is 2. The lowest BCUT2D eigenvalue weighted by Crippen LogP contribution is -2.33. The molecular weight excluding hydrogens is 474 g/mol. The summed E-state index contributed by atoms with van der Waals surface area (Å²) in [6, 6.07) is 12.3. The highest BCUT2D eigenvalue weighted by Crippen LogP contribution is 2.26. The summed E-state index contributed by atoms with van der Waals surface area (Å²) in [4.78, 5) is 41.2. The molecule has 0 spiro atoms. The van der Waals surface area contributed by atoms with Crippen molar-refractivity contribution >= 4 is 34.1 Å². The van der Waals surface area contributed by atoms with E-state index < -0.39 is 17.3 Å². The van der Waals surface area contributed by atoms with E-state index in [4.69, 9.17) is 13.6 Å². The van der Waals surface area contributed by atoms with Crippen molar-refractivity contribution in [2.24, 2.45) is 0 Å². The Hall–Kier alpha value is -4.14. The first-order chi connectivity index (χ1) is 17.6. The van der Waals surface area contributed by atoms with E-state index in [9.17, 15) is 14.4 Å². The highest BCUT2D eigenvalue weighted by Gasteiger charge is 2.17. The summed E-state index contributed by atoms with van der Waals surface area (Å²) in [6.07, 6.45) is 1.97. The minimum atomic E-state index is -0.538. The molecule has 0 saturated carbocycles. The third-order valence-corrected chi connectivity index (χ3v) is 5.58. The van der Waals surface area contributed by atoms with Gasteiger partial charge >= 0.3 is 11.7 Å². The van der Waals surface area contributed by atoms with Gasteiger partial charge in [-0.1, -0.05) is 12.1 Å². The van der Waals surface area contributed by atoms with Crippen LogP contribution in [0.5, 0.6) is 0 Å². The van der Waals surface area contributed by atoms with Gasteiger partial charge in [0.05, 0.1) is 0 Å². The number of carbonyl (C=O) groups excluding carboxylic acids is 2. The van der Waals surface area contributed by atoms with Crippen LogP contribution in [0.3, 0.4) is 0 Å². The summed E-state index contributed by atoms with van der Waals surface area (Å²) in [5.41, 5.74) is 2.04. The molecule has 0 aliphatic heterocycles. The van der Waals surface area contributed by atoms with E-state index in [2.05, 4.69) is 15.6 Å². The van der Waals surface area contributed by atoms with Crippen molar-refractivity contribution in [1.29, 1.82) is 0 Å². The van der Waals surface area contributed by atoms with Crippen LogP contribution >= 0.6 is 0 Å². The molecule has 2 amide bonds. The summed E-state index contributed by atoms with van der Waals surface area (Å²) >= 11 is 0. The lowest BCUT2D eigenvalue weighted by atomic mass is 10.1. The second kappa shape index (κ2) is 10.9. The van der Waals surface area contributed by atoms with Crippen LogP contribution in [0.15, 0.2) is 56.1 Å². The lowest BCUT2D eigenvalue weighted by Gasteiger charge is -2.19. The number of alkyl carbamates (subject to hydrolysis) is 1. The Morgan fingerprint density at radius 2 is 1.68 bits per heavy atom. The standard InChI is InChI=1S/C28H31N3O6/c1-17-8-9-18-15-20(26(33)36-23(18)14-17)25-31-21-16-19(10-11-22(21)35-25)24(32)29-12-6-5-7-13-30-27(34)37-28(2,3)4/h8-11,14-16H,5-7,12-13H2,1-4H3,(H,29,32)(H,30,34). The van der Waals surface area contributed by atoms with E-state index in [1.54, 1.807) is 30.3 Å². The van der Waals surface area contributed by atoms with Crippen molar-refractivity contribution in [3.63, 3.8) is 0 Å². The van der Waals surface area contributed by atoms with Crippen molar-refractivity contribution in [2.45, 2.75) is 52.6 Å². The number of oxazole rings is 1. The van der Waals surface area contributed by atoms with Crippen LogP contribution in [0.4, 0.5) is 4.79 Å². The number of hydrogen-bond acceptors (Lipinski definition) is 7. The van der Waals surface area contributed by atoms with Crippen molar-refractivity contribution in [3.8, 4) is 11.5 Å². The number of aryl methyl sites for hydroxylation is 1. The number of amides is 2. The average molecular weight is 506 g/mol. The number of nitrogens with zero attached hydrogens (tertiary/aromatic N) is 1. The molecule has 0 atom stereocenters. The van der Waals surface area contributed by atoms with E-state index in [1.807, 2.05) is 39.8 Å². The van der Waals surface area contributed by atoms with Crippen molar-refractivity contribution in [1.82, 2.24) is 15.6 Å². The van der Waals surface area contributed by atoms with Gasteiger partial charge in [-0.3, -0.25) is 4.79 Å². The molecular formula is C28H31N3O6. The van der Waals surface area contributed by atoms with Gasteiger partial charge in [0.25, 0.3) is 5.91 Å². The van der Waals surface area contributed by atoms with Crippen LogP contribution in [0.25, 0.3) is 33.5 Å². The Labute approximate surface area is 214 Å². The third-order valence-electron chi connectivity index (χ3n) is 5.58. The first-order valence-corrected chi connectivity index (χ1v) is 12.3. The van der Waals surface area contributed by atoms with Gasteiger partial charge in [0.1, 0.15) is 22.3 Å². The quantitative estimate of drug-likeness (QED) is 0.245. The van der Waals surface area contributed by atoms with Gasteiger partial charge in [-0.15, -0.1) is 0 Å². The van der Waals surface area contributed by atoms with Gasteiger partial charge < -0.3 is 24.2 Å². The third kappa shape index (κ3) is 6.75. The summed E-state index contributed by atoms with van der Waals surface area (Å²) in [7, 11) is 0. The Morgan fingerprint density at radius 1 is 0.919 bits per heavy atom. The maximum atomic E-state index is 12.6. The average Bonchev–Trinajstić information content (AvgIpc) is 3.24. The summed E-state index contributed by atoms with van der Waals surface area (Å²) in [6.45, 7) is 8.40. The summed E-state index contributed by atoms with van der Waals surface area (Å²) in [5, 5.41) is 6.38. The zero-order valence-corrected chi connectivity index (χ0v) is 21.5. The highest BCUT2D eigenvalue weighted by molar-refractivity contribution is 5.97. The van der Waals surface area contributed by atoms with Gasteiger partial charge in [-0.25, -0.2) is 14.6 Å². The predicted octanol–water partition coefficient (Wildman–Crippen LogP) is 5.33. The Balaban J connectivity index is 1.31. The predicted molar refractivity (Wildman–Crippen MR) is 141 cm³/mol. The van der Waals surface area contributed by atoms with E-state index >= 15 is 0 Å². The molecule has 2 N–H and O–H groups in total. The molecule has 2 heterocycles. The molecule has 0 fully saturated rings. The molecule has 0 radical (unpaired) electrons. The van der Waals surface area contributed by atoms with Crippen LogP contribution < -0.4 is 16.3 Å². The molecule has 9 nitrogen and oxygen atoms in total. The smallest absolute Gasteiger partial charge is 0.407 e. The largest absolute Gasteiger partial charge is 0.444 e. The second-order valence-electron chi connectivity index (χ2n) is 9.94. The van der Waals surface area contributed by atoms with E-state index in [1.165, 1.54) is 0 Å². The maximum Gasteiger partial charge on any atom is 0.407 e. The number of fused-ring (bicyclic) bond motifs is 2. The first-order valence-electron chi connectivity index (χ1n) is 12.3. The van der Waals surface area contributed by atoms with Crippen molar-refractivity contribution < 1.29 is 23.2 Å². The van der Waals surface area contributed by atoms with Crippen LogP contribution in [-0.2, 0) is 4.74 Å². The van der Waals surface area contributed by atoms with Gasteiger partial charge in [-0.05, 0) is 82.9 Å². The van der Waals surface area contributed by atoms with Crippen LogP contribution in [0.2, 0.25) is 0 Å². The molecule has 0 aliphatic carbocycles. The molecule has 2 aromatic carbocycles. The van der Waals surface area contributed by atoms with E-state index in [0.29, 0.717) is 35.3 Å². The SMILES string of the molecule is Cc1ccc2cc(-c3nc4cc(C(=O)NCCCCCNC(=O)OC(C)(C)C)ccc4o3)c(=O)oc2c1. The Kier molecular flexibility index (Phi) is 7.61. The normalized spacial score (nSPS) is 11.6. The molecule has 9 heteroatoms. The number of nitrogens with one attached hydrogen (secondary N) is 2. The number of ether oxygens (including phenoxy) is 1. The fourth-order valence-corrected chi connectivity index (χ4v) is 3.79. The zero-order chi connectivity index (χ0) is 26.6. The molecule has 0 aliphatic rings. The van der Waals surface area contributed by atoms with Gasteiger partial charge in [0.15, 0.2) is 5.58 Å². The molecule has 0 bridgehead atoms. The number of unbranched alkanes of at least 4 members (excludes halogenated alkanes) is 2. The fraction of sp³-hybridized carbons (Fsp3) is 0.357. The molecule has 0 unspecified atom stereocenters. The lowest BCUT2D eigenvalue weighted by molar-refractivity contribution is 0.0527. The minimum absolute atomic E-state index is 0.142. The monoisotopic (exact) mass is 505 g/mol. The number of aromatic nitrogens is 1. The number of carbonyl (C=O) groups is 2. The van der Waals surface area contributed by atoms with Crippen molar-refractivity contribution in [3.05, 3.63) is 64.0 Å². The molecule has 37 heavy (non-hydrogen) atoms. The number of benzene rings is 2. The van der Waals surface area contributed by atoms with Gasteiger partial charge in [-0.2, -0.15) is 0 Å². The molecule has 4 aromatic rings. The minimum Gasteiger partial charge on any atom is -0.444 e. The van der Waals surface area contributed by atoms with Crippen molar-refractivity contribution in [2.75, 3.05) is 13.1 Å². The Bertz CT molecular complexity index is 1500. The number of rotatable bonds is 8. The van der Waals surface area contributed by atoms with E-state index in [0.717, 1.165) is 30.2 Å².